The summed E-state index contributed by atoms with van der Waals surface area (Å²) in [5, 5.41) is 19.3. The number of aliphatic hydroxyl groups excluding tert-OH is 1. The lowest BCUT2D eigenvalue weighted by molar-refractivity contribution is -0.387. The lowest BCUT2D eigenvalue weighted by Gasteiger charge is -2.13. The zero-order valence-corrected chi connectivity index (χ0v) is 11.6. The molecule has 0 spiro atoms. The Morgan fingerprint density at radius 3 is 2.70 bits per heavy atom. The molecule has 0 radical (unpaired) electrons. The van der Waals surface area contributed by atoms with Crippen LogP contribution in [0.5, 0.6) is 0 Å². The van der Waals surface area contributed by atoms with Gasteiger partial charge in [0, 0.05) is 18.7 Å². The summed E-state index contributed by atoms with van der Waals surface area (Å²) >= 11 is 0. The van der Waals surface area contributed by atoms with E-state index < -0.39 is 32.5 Å². The molecule has 0 saturated carbocycles. The van der Waals surface area contributed by atoms with Gasteiger partial charge < -0.3 is 5.11 Å². The Bertz CT molecular complexity index is 590. The summed E-state index contributed by atoms with van der Waals surface area (Å²) in [6, 6.07) is 1.93. The number of nitrogens with one attached hydrogen (secondary N) is 1. The Morgan fingerprint density at radius 1 is 1.50 bits per heavy atom. The second-order valence-electron chi connectivity index (χ2n) is 4.26. The molecule has 112 valence electrons. The van der Waals surface area contributed by atoms with Gasteiger partial charge in [0.05, 0.1) is 9.82 Å². The molecule has 9 heteroatoms. The van der Waals surface area contributed by atoms with Crippen LogP contribution in [0.25, 0.3) is 0 Å². The van der Waals surface area contributed by atoms with Crippen molar-refractivity contribution in [3.63, 3.8) is 0 Å². The van der Waals surface area contributed by atoms with Crippen LogP contribution in [0.15, 0.2) is 23.1 Å². The Hall–Kier alpha value is -1.58. The molecule has 0 bridgehead atoms. The second-order valence-corrected chi connectivity index (χ2v) is 5.97. The molecule has 1 unspecified atom stereocenters. The van der Waals surface area contributed by atoms with Crippen molar-refractivity contribution in [2.75, 3.05) is 6.61 Å². The topological polar surface area (TPSA) is 110 Å². The van der Waals surface area contributed by atoms with Gasteiger partial charge in [-0.25, -0.2) is 13.1 Å². The average molecular weight is 306 g/mol. The van der Waals surface area contributed by atoms with Crippen LogP contribution in [0.1, 0.15) is 19.8 Å². The molecular weight excluding hydrogens is 291 g/mol. The van der Waals surface area contributed by atoms with Crippen molar-refractivity contribution >= 4 is 15.7 Å². The third-order valence-electron chi connectivity index (χ3n) is 2.58. The molecule has 1 rings (SSSR count). The summed E-state index contributed by atoms with van der Waals surface area (Å²) in [6.07, 6.45) is 0.840. The van der Waals surface area contributed by atoms with E-state index >= 15 is 0 Å². The number of benzene rings is 1. The molecule has 1 aromatic rings. The minimum absolute atomic E-state index is 0.0614. The van der Waals surface area contributed by atoms with Gasteiger partial charge in [-0.3, -0.25) is 10.1 Å². The van der Waals surface area contributed by atoms with E-state index in [-0.39, 0.29) is 11.5 Å². The molecule has 0 aliphatic rings. The van der Waals surface area contributed by atoms with Gasteiger partial charge in [0.15, 0.2) is 0 Å². The first kappa shape index (κ1) is 16.5. The highest BCUT2D eigenvalue weighted by molar-refractivity contribution is 7.89. The van der Waals surface area contributed by atoms with Crippen molar-refractivity contribution < 1.29 is 22.8 Å². The quantitative estimate of drug-likeness (QED) is 0.580. The number of aliphatic hydroxyl groups is 1. The first-order valence-electron chi connectivity index (χ1n) is 5.85. The van der Waals surface area contributed by atoms with Crippen LogP contribution in [-0.4, -0.2) is 31.1 Å². The predicted octanol–water partition coefficient (Wildman–Crippen LogP) is 1.17. The summed E-state index contributed by atoms with van der Waals surface area (Å²) in [5.41, 5.74) is -0.893. The van der Waals surface area contributed by atoms with Crippen LogP contribution < -0.4 is 4.72 Å². The van der Waals surface area contributed by atoms with Crippen molar-refractivity contribution in [1.82, 2.24) is 4.72 Å². The molecule has 2 N–H and O–H groups in total. The monoisotopic (exact) mass is 306 g/mol. The standard InChI is InChI=1S/C11H15FN2O5S/c1-8(3-2-6-15)13-20(18,19)9-4-5-10(12)11(7-9)14(16)17/h4-5,7-8,13,15H,2-3,6H2,1H3. The fourth-order valence-corrected chi connectivity index (χ4v) is 2.89. The molecule has 0 heterocycles. The summed E-state index contributed by atoms with van der Waals surface area (Å²) in [6.45, 7) is 1.54. The van der Waals surface area contributed by atoms with Gasteiger partial charge in [-0.1, -0.05) is 0 Å². The van der Waals surface area contributed by atoms with E-state index in [1.807, 2.05) is 0 Å². The predicted molar refractivity (Wildman–Crippen MR) is 69.2 cm³/mol. The lowest BCUT2D eigenvalue weighted by atomic mass is 10.2. The molecule has 0 aliphatic carbocycles. The first-order valence-corrected chi connectivity index (χ1v) is 7.33. The molecule has 0 amide bonds. The number of sulfonamides is 1. The minimum Gasteiger partial charge on any atom is -0.396 e. The van der Waals surface area contributed by atoms with E-state index in [1.54, 1.807) is 6.92 Å². The largest absolute Gasteiger partial charge is 0.396 e. The Balaban J connectivity index is 2.98. The number of rotatable bonds is 7. The highest BCUT2D eigenvalue weighted by Crippen LogP contribution is 2.21. The zero-order valence-electron chi connectivity index (χ0n) is 10.7. The molecule has 0 aliphatic heterocycles. The van der Waals surface area contributed by atoms with Gasteiger partial charge >= 0.3 is 5.69 Å². The van der Waals surface area contributed by atoms with Crippen molar-refractivity contribution in [3.05, 3.63) is 34.1 Å². The number of nitro benzene ring substituents is 1. The maximum atomic E-state index is 13.2. The van der Waals surface area contributed by atoms with Crippen LogP contribution in [0.4, 0.5) is 10.1 Å². The lowest BCUT2D eigenvalue weighted by Crippen LogP contribution is -2.32. The molecule has 1 atom stereocenters. The van der Waals surface area contributed by atoms with Gasteiger partial charge in [0.1, 0.15) is 0 Å². The van der Waals surface area contributed by atoms with Gasteiger partial charge in [-0.2, -0.15) is 4.39 Å². The Labute approximate surface area is 115 Å². The third-order valence-corrected chi connectivity index (χ3v) is 4.16. The van der Waals surface area contributed by atoms with E-state index in [1.165, 1.54) is 0 Å². The number of hydrogen-bond acceptors (Lipinski definition) is 5. The van der Waals surface area contributed by atoms with E-state index in [2.05, 4.69) is 4.72 Å². The molecule has 1 aromatic carbocycles. The number of hydrogen-bond donors (Lipinski definition) is 2. The Kier molecular flexibility index (Phi) is 5.54. The van der Waals surface area contributed by atoms with Crippen LogP contribution in [0, 0.1) is 15.9 Å². The molecule has 0 aromatic heterocycles. The highest BCUT2D eigenvalue weighted by Gasteiger charge is 2.22. The number of nitro groups is 1. The summed E-state index contributed by atoms with van der Waals surface area (Å²) < 4.78 is 39.4. The summed E-state index contributed by atoms with van der Waals surface area (Å²) in [4.78, 5) is 9.23. The Morgan fingerprint density at radius 2 is 2.15 bits per heavy atom. The smallest absolute Gasteiger partial charge is 0.306 e. The van der Waals surface area contributed by atoms with E-state index in [4.69, 9.17) is 5.11 Å². The van der Waals surface area contributed by atoms with E-state index in [0.717, 1.165) is 12.1 Å². The summed E-state index contributed by atoms with van der Waals surface area (Å²) in [7, 11) is -3.97. The fourth-order valence-electron chi connectivity index (χ4n) is 1.59. The normalized spacial score (nSPS) is 13.2. The number of halogens is 1. The van der Waals surface area contributed by atoms with Crippen molar-refractivity contribution in [2.24, 2.45) is 0 Å². The fraction of sp³-hybridized carbons (Fsp3) is 0.455. The van der Waals surface area contributed by atoms with Gasteiger partial charge in [0.25, 0.3) is 0 Å². The first-order chi connectivity index (χ1) is 9.27. The molecular formula is C11H15FN2O5S. The molecule has 7 nitrogen and oxygen atoms in total. The van der Waals surface area contributed by atoms with Gasteiger partial charge in [-0.05, 0) is 31.9 Å². The van der Waals surface area contributed by atoms with Crippen LogP contribution >= 0.6 is 0 Å². The van der Waals surface area contributed by atoms with Crippen molar-refractivity contribution in [3.8, 4) is 0 Å². The van der Waals surface area contributed by atoms with Crippen LogP contribution in [0.2, 0.25) is 0 Å². The SMILES string of the molecule is CC(CCCO)NS(=O)(=O)c1ccc(F)c([N+](=O)[O-])c1. The second kappa shape index (κ2) is 6.73. The minimum atomic E-state index is -3.97. The number of nitrogens with zero attached hydrogens (tertiary/aromatic N) is 1. The highest BCUT2D eigenvalue weighted by atomic mass is 32.2. The van der Waals surface area contributed by atoms with E-state index in [0.29, 0.717) is 18.9 Å². The molecule has 20 heavy (non-hydrogen) atoms. The van der Waals surface area contributed by atoms with Gasteiger partial charge in [-0.15, -0.1) is 0 Å². The average Bonchev–Trinajstić information content (AvgIpc) is 2.35. The third kappa shape index (κ3) is 4.22. The van der Waals surface area contributed by atoms with E-state index in [9.17, 15) is 22.9 Å². The zero-order chi connectivity index (χ0) is 15.3. The maximum absolute atomic E-state index is 13.2. The van der Waals surface area contributed by atoms with Gasteiger partial charge in [0.2, 0.25) is 15.8 Å². The molecule has 0 fully saturated rings. The van der Waals surface area contributed by atoms with Crippen LogP contribution in [-0.2, 0) is 10.0 Å². The molecule has 0 saturated heterocycles. The maximum Gasteiger partial charge on any atom is 0.306 e. The van der Waals surface area contributed by atoms with Crippen molar-refractivity contribution in [2.45, 2.75) is 30.7 Å². The van der Waals surface area contributed by atoms with Crippen molar-refractivity contribution in [1.29, 1.82) is 0 Å². The van der Waals surface area contributed by atoms with Crippen LogP contribution in [0.3, 0.4) is 0 Å². The summed E-state index contributed by atoms with van der Waals surface area (Å²) in [5.74, 6) is -1.10.